The van der Waals surface area contributed by atoms with Crippen molar-refractivity contribution >= 4 is 11.9 Å². The summed E-state index contributed by atoms with van der Waals surface area (Å²) in [6.07, 6.45) is -0.257. The van der Waals surface area contributed by atoms with Crippen LogP contribution in [0.25, 0.3) is 0 Å². The summed E-state index contributed by atoms with van der Waals surface area (Å²) < 4.78 is 0. The van der Waals surface area contributed by atoms with Gasteiger partial charge < -0.3 is 14.8 Å². The molecule has 104 valence electrons. The summed E-state index contributed by atoms with van der Waals surface area (Å²) in [5.74, 6) is -1.36. The van der Waals surface area contributed by atoms with Crippen molar-refractivity contribution in [3.63, 3.8) is 0 Å². The molecule has 1 aromatic rings. The summed E-state index contributed by atoms with van der Waals surface area (Å²) >= 11 is 0. The van der Waals surface area contributed by atoms with E-state index in [9.17, 15) is 14.7 Å². The Morgan fingerprint density at radius 2 is 1.68 bits per heavy atom. The van der Waals surface area contributed by atoms with Gasteiger partial charge in [-0.25, -0.2) is 0 Å². The van der Waals surface area contributed by atoms with Crippen LogP contribution in [-0.2, 0) is 16.1 Å². The number of aliphatic carboxylic acids is 1. The van der Waals surface area contributed by atoms with Gasteiger partial charge in [0.2, 0.25) is 5.91 Å². The fourth-order valence-corrected chi connectivity index (χ4v) is 1.81. The molecule has 0 radical (unpaired) electrons. The summed E-state index contributed by atoms with van der Waals surface area (Å²) in [6, 6.07) is 9.65. The largest absolute Gasteiger partial charge is 0.550 e. The Bertz CT molecular complexity index is 434. The summed E-state index contributed by atoms with van der Waals surface area (Å²) in [6.45, 7) is 6.29. The highest BCUT2D eigenvalue weighted by Crippen LogP contribution is 2.19. The molecule has 0 saturated heterocycles. The minimum Gasteiger partial charge on any atom is -0.550 e. The second kappa shape index (κ2) is 6.36. The molecule has 1 rings (SSSR count). The molecule has 0 N–H and O–H groups in total. The third-order valence-electron chi connectivity index (χ3n) is 2.84. The maximum absolute atomic E-state index is 12.1. The number of carbonyl (C=O) groups is 2. The first-order valence-corrected chi connectivity index (χ1v) is 6.35. The Balaban J connectivity index is 2.78. The molecule has 0 bridgehead atoms. The van der Waals surface area contributed by atoms with Gasteiger partial charge in [-0.3, -0.25) is 4.79 Å². The summed E-state index contributed by atoms with van der Waals surface area (Å²) in [5, 5.41) is 10.5. The fourth-order valence-electron chi connectivity index (χ4n) is 1.81. The van der Waals surface area contributed by atoms with E-state index in [1.54, 1.807) is 4.90 Å². The molecule has 1 amide bonds. The first-order valence-electron chi connectivity index (χ1n) is 6.35. The van der Waals surface area contributed by atoms with Crippen molar-refractivity contribution in [3.05, 3.63) is 35.9 Å². The molecule has 0 spiro atoms. The lowest BCUT2D eigenvalue weighted by atomic mass is 10.0. The zero-order valence-electron chi connectivity index (χ0n) is 11.7. The van der Waals surface area contributed by atoms with Gasteiger partial charge in [0, 0.05) is 24.5 Å². The number of carbonyl (C=O) groups excluding carboxylic acids is 2. The minimum absolute atomic E-state index is 0.0214. The van der Waals surface area contributed by atoms with Crippen molar-refractivity contribution in [2.24, 2.45) is 0 Å². The Hall–Kier alpha value is -1.84. The van der Waals surface area contributed by atoms with Crippen LogP contribution in [0.5, 0.6) is 0 Å². The van der Waals surface area contributed by atoms with E-state index < -0.39 is 5.97 Å². The van der Waals surface area contributed by atoms with Crippen molar-refractivity contribution in [3.8, 4) is 0 Å². The van der Waals surface area contributed by atoms with Gasteiger partial charge in [0.25, 0.3) is 0 Å². The van der Waals surface area contributed by atoms with Crippen molar-refractivity contribution in [2.75, 3.05) is 0 Å². The first-order chi connectivity index (χ1) is 8.80. The summed E-state index contributed by atoms with van der Waals surface area (Å²) in [7, 11) is 0. The van der Waals surface area contributed by atoms with Gasteiger partial charge in [0.05, 0.1) is 0 Å². The predicted octanol–water partition coefficient (Wildman–Crippen LogP) is 1.34. The van der Waals surface area contributed by atoms with Crippen LogP contribution in [0.2, 0.25) is 0 Å². The highest BCUT2D eigenvalue weighted by molar-refractivity contribution is 5.80. The molecule has 4 nitrogen and oxygen atoms in total. The summed E-state index contributed by atoms with van der Waals surface area (Å²) in [4.78, 5) is 24.3. The Morgan fingerprint density at radius 3 is 2.16 bits per heavy atom. The van der Waals surface area contributed by atoms with E-state index in [0.29, 0.717) is 6.54 Å². The SMILES string of the molecule is CC(C)(C)N(Cc1ccccc1)C(=O)CCC(=O)[O-]. The van der Waals surface area contributed by atoms with Gasteiger partial charge in [0.15, 0.2) is 0 Å². The predicted molar refractivity (Wildman–Crippen MR) is 71.0 cm³/mol. The van der Waals surface area contributed by atoms with Crippen molar-refractivity contribution in [1.29, 1.82) is 0 Å². The number of benzene rings is 1. The highest BCUT2D eigenvalue weighted by atomic mass is 16.4. The van der Waals surface area contributed by atoms with Crippen LogP contribution in [0.4, 0.5) is 0 Å². The van der Waals surface area contributed by atoms with Gasteiger partial charge in [-0.1, -0.05) is 30.3 Å². The second-order valence-electron chi connectivity index (χ2n) is 5.51. The van der Waals surface area contributed by atoms with Crippen LogP contribution in [-0.4, -0.2) is 22.3 Å². The minimum atomic E-state index is -1.19. The molecule has 0 saturated carbocycles. The molecule has 19 heavy (non-hydrogen) atoms. The van der Waals surface area contributed by atoms with Crippen LogP contribution in [0.15, 0.2) is 30.3 Å². The maximum Gasteiger partial charge on any atom is 0.223 e. The van der Waals surface area contributed by atoms with Crippen LogP contribution in [0.1, 0.15) is 39.2 Å². The van der Waals surface area contributed by atoms with E-state index in [1.807, 2.05) is 51.1 Å². The van der Waals surface area contributed by atoms with Gasteiger partial charge in [-0.2, -0.15) is 0 Å². The molecule has 0 heterocycles. The maximum atomic E-state index is 12.1. The summed E-state index contributed by atoms with van der Waals surface area (Å²) in [5.41, 5.74) is 0.679. The molecule has 0 atom stereocenters. The second-order valence-corrected chi connectivity index (χ2v) is 5.51. The molecule has 0 aromatic heterocycles. The molecule has 0 unspecified atom stereocenters. The number of hydrogen-bond donors (Lipinski definition) is 0. The number of hydrogen-bond acceptors (Lipinski definition) is 3. The average molecular weight is 262 g/mol. The molecule has 0 aliphatic heterocycles. The van der Waals surface area contributed by atoms with Gasteiger partial charge in [-0.05, 0) is 32.8 Å². The van der Waals surface area contributed by atoms with E-state index >= 15 is 0 Å². The Morgan fingerprint density at radius 1 is 1.11 bits per heavy atom. The molecular formula is C15H20NO3-. The molecule has 0 aliphatic carbocycles. The smallest absolute Gasteiger partial charge is 0.223 e. The lowest BCUT2D eigenvalue weighted by molar-refractivity contribution is -0.305. The number of nitrogens with zero attached hydrogens (tertiary/aromatic N) is 1. The third kappa shape index (κ3) is 5.12. The monoisotopic (exact) mass is 262 g/mol. The van der Waals surface area contributed by atoms with Crippen molar-refractivity contribution in [1.82, 2.24) is 4.90 Å². The van der Waals surface area contributed by atoms with Crippen LogP contribution in [0.3, 0.4) is 0 Å². The quantitative estimate of drug-likeness (QED) is 0.804. The molecule has 0 aliphatic rings. The van der Waals surface area contributed by atoms with Crippen LogP contribution in [0, 0.1) is 0 Å². The standard InChI is InChI=1S/C15H21NO3/c1-15(2,3)16(13(17)9-10-14(18)19)11-12-7-5-4-6-8-12/h4-8H,9-11H2,1-3H3,(H,18,19)/p-1. The Labute approximate surface area is 114 Å². The number of carboxylic acid groups (broad SMARTS) is 1. The van der Waals surface area contributed by atoms with E-state index in [4.69, 9.17) is 0 Å². The molecule has 4 heteroatoms. The van der Waals surface area contributed by atoms with Crippen LogP contribution < -0.4 is 5.11 Å². The van der Waals surface area contributed by atoms with Crippen molar-refractivity contribution in [2.45, 2.75) is 45.7 Å². The van der Waals surface area contributed by atoms with E-state index in [0.717, 1.165) is 5.56 Å². The third-order valence-corrected chi connectivity index (χ3v) is 2.84. The lowest BCUT2D eigenvalue weighted by Crippen LogP contribution is -2.45. The molecule has 1 aromatic carbocycles. The zero-order valence-corrected chi connectivity index (χ0v) is 11.7. The highest BCUT2D eigenvalue weighted by Gasteiger charge is 2.25. The number of carboxylic acids is 1. The topological polar surface area (TPSA) is 60.4 Å². The van der Waals surface area contributed by atoms with E-state index in [2.05, 4.69) is 0 Å². The first kappa shape index (κ1) is 15.2. The lowest BCUT2D eigenvalue weighted by Gasteiger charge is -2.36. The van der Waals surface area contributed by atoms with Gasteiger partial charge in [-0.15, -0.1) is 0 Å². The van der Waals surface area contributed by atoms with Crippen molar-refractivity contribution < 1.29 is 14.7 Å². The van der Waals surface area contributed by atoms with Gasteiger partial charge in [0.1, 0.15) is 0 Å². The average Bonchev–Trinajstić information content (AvgIpc) is 2.33. The fraction of sp³-hybridized carbons (Fsp3) is 0.467. The van der Waals surface area contributed by atoms with Crippen LogP contribution >= 0.6 is 0 Å². The molecule has 0 fully saturated rings. The Kier molecular flexibility index (Phi) is 5.10. The zero-order chi connectivity index (χ0) is 14.5. The normalized spacial score (nSPS) is 11.1. The van der Waals surface area contributed by atoms with Gasteiger partial charge >= 0.3 is 0 Å². The van der Waals surface area contributed by atoms with E-state index in [1.165, 1.54) is 0 Å². The number of amides is 1. The number of rotatable bonds is 5. The molecular weight excluding hydrogens is 242 g/mol. The van der Waals surface area contributed by atoms with E-state index in [-0.39, 0.29) is 24.3 Å².